The Balaban J connectivity index is 1.80. The van der Waals surface area contributed by atoms with Crippen molar-refractivity contribution in [2.75, 3.05) is 5.32 Å². The maximum Gasteiger partial charge on any atom is 0.238 e. The number of sulfonamides is 1. The van der Waals surface area contributed by atoms with Crippen molar-refractivity contribution in [3.63, 3.8) is 0 Å². The van der Waals surface area contributed by atoms with E-state index in [4.69, 9.17) is 16.7 Å². The number of fused-ring (bicyclic) bond motifs is 3. The van der Waals surface area contributed by atoms with Crippen LogP contribution in [0.5, 0.6) is 5.75 Å². The molecular weight excluding hydrogens is 360 g/mol. The van der Waals surface area contributed by atoms with E-state index in [0.717, 1.165) is 36.1 Å². The first-order valence-corrected chi connectivity index (χ1v) is 10.2. The topological polar surface area (TPSA) is 92.4 Å². The van der Waals surface area contributed by atoms with Crippen LogP contribution in [0, 0.1) is 5.92 Å². The summed E-state index contributed by atoms with van der Waals surface area (Å²) in [5, 5.41) is 19.0. The van der Waals surface area contributed by atoms with Crippen LogP contribution in [0.2, 0.25) is 5.02 Å². The summed E-state index contributed by atoms with van der Waals surface area (Å²) in [6.45, 7) is 0. The number of hydrogen-bond donors (Lipinski definition) is 3. The average molecular weight is 379 g/mol. The van der Waals surface area contributed by atoms with Crippen molar-refractivity contribution >= 4 is 27.3 Å². The van der Waals surface area contributed by atoms with Crippen LogP contribution in [0.4, 0.5) is 5.69 Å². The molecule has 0 radical (unpaired) electrons. The number of primary sulfonamides is 1. The normalized spacial score (nSPS) is 25.1. The predicted molar refractivity (Wildman–Crippen MR) is 97.4 cm³/mol. The molecule has 2 aromatic carbocycles. The van der Waals surface area contributed by atoms with Gasteiger partial charge in [0.05, 0.1) is 10.9 Å². The molecule has 25 heavy (non-hydrogen) atoms. The smallest absolute Gasteiger partial charge is 0.238 e. The lowest BCUT2D eigenvalue weighted by Crippen LogP contribution is -2.29. The van der Waals surface area contributed by atoms with Gasteiger partial charge in [-0.25, -0.2) is 13.6 Å². The van der Waals surface area contributed by atoms with Crippen molar-refractivity contribution in [2.45, 2.75) is 36.1 Å². The van der Waals surface area contributed by atoms with E-state index in [1.807, 2.05) is 6.07 Å². The molecule has 0 spiro atoms. The Morgan fingerprint density at radius 1 is 1.12 bits per heavy atom. The molecular formula is C18H19ClN2O3S. The van der Waals surface area contributed by atoms with E-state index in [2.05, 4.69) is 5.32 Å². The summed E-state index contributed by atoms with van der Waals surface area (Å²) in [4.78, 5) is 0.153. The number of aromatic hydroxyl groups is 1. The van der Waals surface area contributed by atoms with Gasteiger partial charge in [0, 0.05) is 10.7 Å². The Kier molecular flexibility index (Phi) is 3.94. The number of phenols is 1. The SMILES string of the molecule is NS(=O)(=O)c1ccc2c(c1)[C@@H]1CCC[C@@H]1[C@H](c1ccc(O)cc1Cl)N2. The van der Waals surface area contributed by atoms with E-state index in [-0.39, 0.29) is 22.6 Å². The van der Waals surface area contributed by atoms with Gasteiger partial charge in [0.15, 0.2) is 0 Å². The fourth-order valence-electron chi connectivity index (χ4n) is 4.28. The zero-order chi connectivity index (χ0) is 17.8. The lowest BCUT2D eigenvalue weighted by Gasteiger charge is -2.38. The number of rotatable bonds is 2. The van der Waals surface area contributed by atoms with E-state index in [0.29, 0.717) is 10.9 Å². The van der Waals surface area contributed by atoms with Gasteiger partial charge in [0.1, 0.15) is 5.75 Å². The van der Waals surface area contributed by atoms with Crippen molar-refractivity contribution in [1.29, 1.82) is 0 Å². The van der Waals surface area contributed by atoms with Gasteiger partial charge in [-0.15, -0.1) is 0 Å². The molecule has 1 heterocycles. The number of phenolic OH excluding ortho intramolecular Hbond substituents is 1. The molecule has 0 aromatic heterocycles. The number of hydrogen-bond acceptors (Lipinski definition) is 4. The highest BCUT2D eigenvalue weighted by Crippen LogP contribution is 2.53. The van der Waals surface area contributed by atoms with Gasteiger partial charge in [-0.1, -0.05) is 24.1 Å². The van der Waals surface area contributed by atoms with Gasteiger partial charge in [-0.3, -0.25) is 0 Å². The first-order valence-electron chi connectivity index (χ1n) is 8.26. The zero-order valence-corrected chi connectivity index (χ0v) is 15.0. The monoisotopic (exact) mass is 378 g/mol. The maximum absolute atomic E-state index is 11.7. The minimum Gasteiger partial charge on any atom is -0.508 e. The minimum atomic E-state index is -3.72. The van der Waals surface area contributed by atoms with Crippen LogP contribution in [0.1, 0.15) is 42.3 Å². The lowest BCUT2D eigenvalue weighted by molar-refractivity contribution is 0.405. The summed E-state index contributed by atoms with van der Waals surface area (Å²) in [7, 11) is -3.72. The van der Waals surface area contributed by atoms with E-state index >= 15 is 0 Å². The molecule has 4 N–H and O–H groups in total. The predicted octanol–water partition coefficient (Wildman–Crippen LogP) is 3.74. The van der Waals surface area contributed by atoms with E-state index in [9.17, 15) is 13.5 Å². The van der Waals surface area contributed by atoms with Gasteiger partial charge < -0.3 is 10.4 Å². The minimum absolute atomic E-state index is 0.0356. The molecule has 3 atom stereocenters. The van der Waals surface area contributed by atoms with Crippen molar-refractivity contribution in [1.82, 2.24) is 0 Å². The summed E-state index contributed by atoms with van der Waals surface area (Å²) in [6.07, 6.45) is 3.14. The van der Waals surface area contributed by atoms with Crippen LogP contribution < -0.4 is 10.5 Å². The third kappa shape index (κ3) is 2.88. The number of nitrogens with two attached hydrogens (primary N) is 1. The summed E-state index contributed by atoms with van der Waals surface area (Å²) in [6, 6.07) is 10.1. The van der Waals surface area contributed by atoms with Crippen LogP contribution >= 0.6 is 11.6 Å². The van der Waals surface area contributed by atoms with Gasteiger partial charge in [-0.05, 0) is 66.1 Å². The number of benzene rings is 2. The molecule has 1 fully saturated rings. The molecule has 1 aliphatic carbocycles. The van der Waals surface area contributed by atoms with Gasteiger partial charge in [0.2, 0.25) is 10.0 Å². The van der Waals surface area contributed by atoms with Gasteiger partial charge >= 0.3 is 0 Å². The zero-order valence-electron chi connectivity index (χ0n) is 13.4. The number of nitrogens with one attached hydrogen (secondary N) is 1. The second-order valence-electron chi connectivity index (χ2n) is 6.82. The summed E-state index contributed by atoms with van der Waals surface area (Å²) >= 11 is 6.37. The second kappa shape index (κ2) is 5.90. The van der Waals surface area contributed by atoms with E-state index in [1.165, 1.54) is 6.07 Å². The quantitative estimate of drug-likeness (QED) is 0.742. The third-order valence-electron chi connectivity index (χ3n) is 5.38. The molecule has 5 nitrogen and oxygen atoms in total. The highest BCUT2D eigenvalue weighted by Gasteiger charge is 2.41. The van der Waals surface area contributed by atoms with Crippen molar-refractivity contribution in [2.24, 2.45) is 11.1 Å². The molecule has 132 valence electrons. The van der Waals surface area contributed by atoms with E-state index < -0.39 is 10.0 Å². The molecule has 7 heteroatoms. The summed E-state index contributed by atoms with van der Waals surface area (Å²) in [5.41, 5.74) is 2.89. The van der Waals surface area contributed by atoms with Crippen LogP contribution in [0.15, 0.2) is 41.3 Å². The molecule has 2 aliphatic rings. The molecule has 1 aliphatic heterocycles. The molecule has 1 saturated carbocycles. The Morgan fingerprint density at radius 2 is 1.92 bits per heavy atom. The van der Waals surface area contributed by atoms with Gasteiger partial charge in [0.25, 0.3) is 0 Å². The molecule has 0 unspecified atom stereocenters. The summed E-state index contributed by atoms with van der Waals surface area (Å²) < 4.78 is 23.4. The molecule has 4 rings (SSSR count). The highest BCUT2D eigenvalue weighted by molar-refractivity contribution is 7.89. The molecule has 0 bridgehead atoms. The standard InChI is InChI=1S/C18H19ClN2O3S/c19-16-8-10(22)4-6-14(16)18-13-3-1-2-12(13)15-9-11(25(20,23)24)5-7-17(15)21-18/h4-9,12-13,18,21-22H,1-3H2,(H2,20,23,24)/t12-,13+,18-/m1/s1. The fraction of sp³-hybridized carbons (Fsp3) is 0.333. The van der Waals surface area contributed by atoms with Crippen LogP contribution in [-0.4, -0.2) is 13.5 Å². The van der Waals surface area contributed by atoms with E-state index in [1.54, 1.807) is 24.3 Å². The second-order valence-corrected chi connectivity index (χ2v) is 8.79. The van der Waals surface area contributed by atoms with Crippen molar-refractivity contribution in [3.8, 4) is 5.75 Å². The largest absolute Gasteiger partial charge is 0.508 e. The highest BCUT2D eigenvalue weighted by atomic mass is 35.5. The third-order valence-corrected chi connectivity index (χ3v) is 6.62. The molecule has 0 amide bonds. The van der Waals surface area contributed by atoms with Crippen LogP contribution in [0.3, 0.4) is 0 Å². The lowest BCUT2D eigenvalue weighted by atomic mass is 9.77. The Labute approximate surface area is 151 Å². The average Bonchev–Trinajstić information content (AvgIpc) is 3.03. The van der Waals surface area contributed by atoms with Crippen molar-refractivity contribution < 1.29 is 13.5 Å². The number of halogens is 1. The van der Waals surface area contributed by atoms with Gasteiger partial charge in [-0.2, -0.15) is 0 Å². The Hall–Kier alpha value is -1.76. The van der Waals surface area contributed by atoms with Crippen LogP contribution in [-0.2, 0) is 10.0 Å². The van der Waals surface area contributed by atoms with Crippen LogP contribution in [0.25, 0.3) is 0 Å². The maximum atomic E-state index is 11.7. The summed E-state index contributed by atoms with van der Waals surface area (Å²) in [5.74, 6) is 0.740. The molecule has 2 aromatic rings. The molecule has 0 saturated heterocycles. The fourth-order valence-corrected chi connectivity index (χ4v) is 5.12. The van der Waals surface area contributed by atoms with Crippen molar-refractivity contribution in [3.05, 3.63) is 52.5 Å². The Morgan fingerprint density at radius 3 is 2.64 bits per heavy atom. The first kappa shape index (κ1) is 16.7. The Bertz CT molecular complexity index is 945. The number of anilines is 1. The first-order chi connectivity index (χ1) is 11.8.